The molecule has 4 aliphatic rings. The Bertz CT molecular complexity index is 6040. The first-order valence-electron chi connectivity index (χ1n) is 33.7. The van der Waals surface area contributed by atoms with Crippen LogP contribution in [-0.2, 0) is 0 Å². The lowest BCUT2D eigenvalue weighted by Crippen LogP contribution is -2.64. The van der Waals surface area contributed by atoms with Gasteiger partial charge in [-0.15, -0.1) is 0 Å². The number of furan rings is 1. The standard InChI is InChI=1S/C90H55B2N3O3/c1-6-24-56(25-7-1)61-44-46-72-83(50-61)96-85-51-63(58-28-10-3-11-29-58)52-86-88(85)92(72)74-54-73-79(55-84(74)97-86)95(89-65(59-30-12-4-13-31-59)37-22-38-66(89)60-32-14-5-15-33-60)81-49-62(57-26-8-2-9-27-57)48-80-87(81)91(73)71-47-45-64(93-75-40-19-16-34-67(75)68-35-17-20-41-76(68)93)53-78(71)94(80)77-42-23-39-70-69-36-18-21-43-82(69)98-90(70)77/h1-55H. The molecule has 0 spiro atoms. The number of rotatable bonds is 8. The summed E-state index contributed by atoms with van der Waals surface area (Å²) < 4.78 is 24.6. The van der Waals surface area contributed by atoms with Crippen molar-refractivity contribution in [3.8, 4) is 84.3 Å². The van der Waals surface area contributed by atoms with E-state index in [4.69, 9.17) is 13.9 Å². The molecule has 454 valence electrons. The molecule has 0 saturated carbocycles. The van der Waals surface area contributed by atoms with Crippen LogP contribution in [0.4, 0.5) is 34.1 Å². The van der Waals surface area contributed by atoms with Crippen molar-refractivity contribution in [2.24, 2.45) is 0 Å². The summed E-state index contributed by atoms with van der Waals surface area (Å²) in [6.07, 6.45) is 0. The van der Waals surface area contributed by atoms with Crippen LogP contribution in [0, 0.1) is 0 Å². The van der Waals surface area contributed by atoms with Gasteiger partial charge in [0.15, 0.2) is 5.58 Å². The molecule has 17 aromatic rings. The van der Waals surface area contributed by atoms with Crippen LogP contribution in [0.5, 0.6) is 23.0 Å². The van der Waals surface area contributed by atoms with Gasteiger partial charge in [-0.3, -0.25) is 0 Å². The first kappa shape index (κ1) is 54.6. The molecule has 6 nitrogen and oxygen atoms in total. The predicted octanol–water partition coefficient (Wildman–Crippen LogP) is 19.8. The van der Waals surface area contributed by atoms with Crippen molar-refractivity contribution in [3.63, 3.8) is 0 Å². The summed E-state index contributed by atoms with van der Waals surface area (Å²) in [7, 11) is 0. The van der Waals surface area contributed by atoms with Crippen LogP contribution < -0.4 is 52.1 Å². The lowest BCUT2D eigenvalue weighted by atomic mass is 9.30. The summed E-state index contributed by atoms with van der Waals surface area (Å²) in [5, 5.41) is 4.54. The molecule has 0 N–H and O–H groups in total. The molecule has 21 rings (SSSR count). The molecule has 15 aromatic carbocycles. The van der Waals surface area contributed by atoms with Gasteiger partial charge < -0.3 is 28.3 Å². The molecule has 98 heavy (non-hydrogen) atoms. The Labute approximate surface area is 566 Å². The third-order valence-corrected chi connectivity index (χ3v) is 20.9. The minimum absolute atomic E-state index is 0.262. The van der Waals surface area contributed by atoms with Crippen molar-refractivity contribution < 1.29 is 13.9 Å². The largest absolute Gasteiger partial charge is 0.458 e. The predicted molar refractivity (Wildman–Crippen MR) is 407 cm³/mol. The second-order valence-corrected chi connectivity index (χ2v) is 26.2. The van der Waals surface area contributed by atoms with Gasteiger partial charge in [-0.05, 0) is 139 Å². The van der Waals surface area contributed by atoms with Crippen LogP contribution in [-0.4, -0.2) is 18.0 Å². The number of anilines is 6. The molecule has 2 aromatic heterocycles. The van der Waals surface area contributed by atoms with Gasteiger partial charge in [0.05, 0.1) is 22.4 Å². The lowest BCUT2D eigenvalue weighted by molar-refractivity contribution is 0.465. The third-order valence-electron chi connectivity index (χ3n) is 20.9. The second-order valence-electron chi connectivity index (χ2n) is 26.2. The van der Waals surface area contributed by atoms with E-state index in [2.05, 4.69) is 348 Å². The van der Waals surface area contributed by atoms with Crippen LogP contribution in [0.3, 0.4) is 0 Å². The summed E-state index contributed by atoms with van der Waals surface area (Å²) in [5.74, 6) is 3.18. The van der Waals surface area contributed by atoms with E-state index in [0.717, 1.165) is 179 Å². The van der Waals surface area contributed by atoms with Crippen LogP contribution >= 0.6 is 0 Å². The van der Waals surface area contributed by atoms with Crippen molar-refractivity contribution >= 4 is 124 Å². The van der Waals surface area contributed by atoms with Crippen LogP contribution in [0.25, 0.3) is 105 Å². The maximum absolute atomic E-state index is 7.67. The zero-order chi connectivity index (χ0) is 64.1. The number of ether oxygens (including phenoxy) is 2. The molecule has 0 amide bonds. The van der Waals surface area contributed by atoms with Crippen molar-refractivity contribution in [3.05, 3.63) is 334 Å². The number of hydrogen-bond acceptors (Lipinski definition) is 5. The average molecular weight is 1250 g/mol. The summed E-state index contributed by atoms with van der Waals surface area (Å²) in [6, 6.07) is 122. The summed E-state index contributed by atoms with van der Waals surface area (Å²) in [6.45, 7) is -0.582. The molecule has 0 radical (unpaired) electrons. The molecule has 8 heteroatoms. The molecule has 4 aliphatic heterocycles. The van der Waals surface area contributed by atoms with Crippen molar-refractivity contribution in [1.82, 2.24) is 4.57 Å². The zero-order valence-electron chi connectivity index (χ0n) is 53.0. The number of fused-ring (bicyclic) bond motifs is 14. The smallest absolute Gasteiger partial charge is 0.260 e. The van der Waals surface area contributed by atoms with Gasteiger partial charge in [-0.1, -0.05) is 261 Å². The van der Waals surface area contributed by atoms with Gasteiger partial charge in [0.1, 0.15) is 28.6 Å². The fourth-order valence-corrected chi connectivity index (χ4v) is 16.6. The van der Waals surface area contributed by atoms with Crippen LogP contribution in [0.2, 0.25) is 0 Å². The van der Waals surface area contributed by atoms with E-state index in [1.807, 2.05) is 0 Å². The Hall–Kier alpha value is -12.8. The molecule has 0 unspecified atom stereocenters. The lowest BCUT2D eigenvalue weighted by Gasteiger charge is -2.46. The Balaban J connectivity index is 0.908. The quantitative estimate of drug-likeness (QED) is 0.142. The highest BCUT2D eigenvalue weighted by atomic mass is 16.5. The highest BCUT2D eigenvalue weighted by Crippen LogP contribution is 2.54. The Morgan fingerprint density at radius 1 is 0.255 bits per heavy atom. The highest BCUT2D eigenvalue weighted by Gasteiger charge is 2.48. The fourth-order valence-electron chi connectivity index (χ4n) is 16.6. The van der Waals surface area contributed by atoms with Crippen molar-refractivity contribution in [2.75, 3.05) is 9.80 Å². The maximum atomic E-state index is 7.67. The first-order valence-corrected chi connectivity index (χ1v) is 33.7. The number of para-hydroxylation sites is 5. The average Bonchev–Trinajstić information content (AvgIpc) is 0.691. The van der Waals surface area contributed by atoms with E-state index in [9.17, 15) is 0 Å². The second kappa shape index (κ2) is 21.4. The minimum atomic E-state index is -0.320. The van der Waals surface area contributed by atoms with E-state index in [1.165, 1.54) is 16.2 Å². The first-order chi connectivity index (χ1) is 48.6. The molecule has 0 atom stereocenters. The normalized spacial score (nSPS) is 13.0. The fraction of sp³-hybridized carbons (Fsp3) is 0. The van der Waals surface area contributed by atoms with Crippen molar-refractivity contribution in [2.45, 2.75) is 0 Å². The minimum Gasteiger partial charge on any atom is -0.458 e. The van der Waals surface area contributed by atoms with E-state index in [1.54, 1.807) is 0 Å². The Kier molecular flexibility index (Phi) is 11.9. The Morgan fingerprint density at radius 3 is 1.37 bits per heavy atom. The summed E-state index contributed by atoms with van der Waals surface area (Å²) in [5.41, 5.74) is 28.8. The zero-order valence-corrected chi connectivity index (χ0v) is 53.0. The van der Waals surface area contributed by atoms with E-state index in [-0.39, 0.29) is 13.4 Å². The number of nitrogens with zero attached hydrogens (tertiary/aromatic N) is 3. The number of benzene rings is 15. The molecular formula is C90H55B2N3O3. The SMILES string of the molecule is c1ccc(-c2ccc3c(c2)Oc2cc(-c4ccccc4)cc4c2B3c2cc3c(cc2O4)N(c2c(-c4ccccc4)cccc2-c2ccccc2)c2cc(-c4ccccc4)cc4c2B3c2ccc(-n3c5ccccc5c5ccccc53)cc2N4c2cccc3c2oc2ccccc23)cc1. The van der Waals surface area contributed by atoms with E-state index in [0.29, 0.717) is 0 Å². The maximum Gasteiger partial charge on any atom is 0.260 e. The topological polar surface area (TPSA) is 43.0 Å². The molecule has 0 fully saturated rings. The monoisotopic (exact) mass is 1250 g/mol. The van der Waals surface area contributed by atoms with Crippen molar-refractivity contribution in [1.29, 1.82) is 0 Å². The molecule has 6 heterocycles. The van der Waals surface area contributed by atoms with Crippen LogP contribution in [0.15, 0.2) is 338 Å². The van der Waals surface area contributed by atoms with Gasteiger partial charge in [0.2, 0.25) is 0 Å². The number of aromatic nitrogens is 1. The summed E-state index contributed by atoms with van der Waals surface area (Å²) in [4.78, 5) is 5.14. The molecule has 0 saturated heterocycles. The van der Waals surface area contributed by atoms with Gasteiger partial charge in [0, 0.05) is 72.6 Å². The molecule has 0 aliphatic carbocycles. The molecular weight excluding hydrogens is 1190 g/mol. The Morgan fingerprint density at radius 2 is 0.735 bits per heavy atom. The van der Waals surface area contributed by atoms with Gasteiger partial charge in [0.25, 0.3) is 13.4 Å². The highest BCUT2D eigenvalue weighted by molar-refractivity contribution is 7.02. The van der Waals surface area contributed by atoms with E-state index < -0.39 is 0 Å². The number of hydrogen-bond donors (Lipinski definition) is 0. The molecule has 0 bridgehead atoms. The third kappa shape index (κ3) is 8.18. The van der Waals surface area contributed by atoms with E-state index >= 15 is 0 Å². The summed E-state index contributed by atoms with van der Waals surface area (Å²) >= 11 is 0. The van der Waals surface area contributed by atoms with Gasteiger partial charge in [-0.25, -0.2) is 0 Å². The van der Waals surface area contributed by atoms with Gasteiger partial charge >= 0.3 is 0 Å². The van der Waals surface area contributed by atoms with Crippen LogP contribution in [0.1, 0.15) is 0 Å². The van der Waals surface area contributed by atoms with Gasteiger partial charge in [-0.2, -0.15) is 0 Å².